The topological polar surface area (TPSA) is 34.1 Å². The Morgan fingerprint density at radius 2 is 1.83 bits per heavy atom. The molecule has 1 aliphatic heterocycles. The van der Waals surface area contributed by atoms with Gasteiger partial charge in [0.15, 0.2) is 5.96 Å². The van der Waals surface area contributed by atoms with Gasteiger partial charge in [-0.15, -0.1) is 6.58 Å². The lowest BCUT2D eigenvalue weighted by Gasteiger charge is -2.33. The van der Waals surface area contributed by atoms with Crippen LogP contribution < -0.4 is 5.32 Å². The second kappa shape index (κ2) is 13.2. The van der Waals surface area contributed by atoms with Gasteiger partial charge in [-0.3, -0.25) is 9.89 Å². The van der Waals surface area contributed by atoms with Crippen molar-refractivity contribution in [1.82, 2.24) is 20.0 Å². The summed E-state index contributed by atoms with van der Waals surface area (Å²) in [6.07, 6.45) is 6.86. The summed E-state index contributed by atoms with van der Waals surface area (Å²) in [5.74, 6) is 1.05. The van der Waals surface area contributed by atoms with E-state index >= 15 is 0 Å². The second-order valence-electron chi connectivity index (χ2n) is 6.57. The smallest absolute Gasteiger partial charge is 0.193 e. The summed E-state index contributed by atoms with van der Waals surface area (Å²) in [4.78, 5) is 12.1. The largest absolute Gasteiger partial charge is 0.357 e. The van der Waals surface area contributed by atoms with Crippen LogP contribution in [-0.2, 0) is 0 Å². The Morgan fingerprint density at radius 1 is 1.12 bits per heavy atom. The lowest BCUT2D eigenvalue weighted by Crippen LogP contribution is -2.47. The highest BCUT2D eigenvalue weighted by molar-refractivity contribution is 5.79. The summed E-state index contributed by atoms with van der Waals surface area (Å²) in [7, 11) is 2.15. The number of guanidine groups is 1. The predicted octanol–water partition coefficient (Wildman–Crippen LogP) is 2.27. The van der Waals surface area contributed by atoms with Gasteiger partial charge < -0.3 is 15.1 Å². The minimum Gasteiger partial charge on any atom is -0.357 e. The van der Waals surface area contributed by atoms with Crippen LogP contribution in [0.3, 0.4) is 0 Å². The van der Waals surface area contributed by atoms with Crippen LogP contribution in [0.2, 0.25) is 0 Å². The van der Waals surface area contributed by atoms with Crippen LogP contribution in [-0.4, -0.2) is 86.6 Å². The zero-order chi connectivity index (χ0) is 17.6. The molecule has 0 radical (unpaired) electrons. The number of unbranched alkanes of at least 4 members (excludes halogenated alkanes) is 3. The Labute approximate surface area is 149 Å². The molecule has 1 N–H and O–H groups in total. The van der Waals surface area contributed by atoms with Crippen LogP contribution in [0.1, 0.15) is 39.5 Å². The van der Waals surface area contributed by atoms with Crippen molar-refractivity contribution in [3.63, 3.8) is 0 Å². The van der Waals surface area contributed by atoms with E-state index in [9.17, 15) is 0 Å². The van der Waals surface area contributed by atoms with Crippen molar-refractivity contribution >= 4 is 5.96 Å². The summed E-state index contributed by atoms with van der Waals surface area (Å²) in [6, 6.07) is 0. The lowest BCUT2D eigenvalue weighted by atomic mass is 10.2. The molecule has 1 aliphatic rings. The number of rotatable bonds is 11. The maximum atomic E-state index is 4.82. The Hall–Kier alpha value is -1.07. The van der Waals surface area contributed by atoms with Crippen LogP contribution in [0.15, 0.2) is 17.6 Å². The van der Waals surface area contributed by atoms with Crippen LogP contribution in [0.4, 0.5) is 0 Å². The number of allylic oxidation sites excluding steroid dienone is 1. The molecule has 0 aliphatic carbocycles. The highest BCUT2D eigenvalue weighted by Gasteiger charge is 2.14. The third-order valence-electron chi connectivity index (χ3n) is 4.69. The molecule has 1 fully saturated rings. The Morgan fingerprint density at radius 3 is 2.46 bits per heavy atom. The average molecular weight is 338 g/mol. The maximum absolute atomic E-state index is 4.82. The van der Waals surface area contributed by atoms with Gasteiger partial charge in [0.25, 0.3) is 0 Å². The SMILES string of the molecule is C=CCCCCCN(C)C(=NCCN1CCN(CC)CC1)NCC. The van der Waals surface area contributed by atoms with Gasteiger partial charge in [0.05, 0.1) is 6.54 Å². The molecule has 0 bridgehead atoms. The van der Waals surface area contributed by atoms with Gasteiger partial charge in [0.2, 0.25) is 0 Å². The van der Waals surface area contributed by atoms with E-state index in [1.54, 1.807) is 0 Å². The van der Waals surface area contributed by atoms with Crippen molar-refractivity contribution in [1.29, 1.82) is 0 Å². The summed E-state index contributed by atoms with van der Waals surface area (Å²) in [5, 5.41) is 3.42. The fourth-order valence-electron chi connectivity index (χ4n) is 3.02. The molecule has 0 amide bonds. The van der Waals surface area contributed by atoms with E-state index in [1.165, 1.54) is 52.0 Å². The first-order valence-corrected chi connectivity index (χ1v) is 9.76. The summed E-state index contributed by atoms with van der Waals surface area (Å²) in [6.45, 7) is 18.0. The number of likely N-dealkylation sites (N-methyl/N-ethyl adjacent to an activating group) is 1. The summed E-state index contributed by atoms with van der Waals surface area (Å²) < 4.78 is 0. The molecular formula is C19H39N5. The monoisotopic (exact) mass is 337 g/mol. The van der Waals surface area contributed by atoms with Crippen LogP contribution in [0.5, 0.6) is 0 Å². The van der Waals surface area contributed by atoms with Crippen molar-refractivity contribution in [2.75, 3.05) is 66.0 Å². The second-order valence-corrected chi connectivity index (χ2v) is 6.57. The van der Waals surface area contributed by atoms with E-state index in [2.05, 4.69) is 47.5 Å². The summed E-state index contributed by atoms with van der Waals surface area (Å²) in [5.41, 5.74) is 0. The minimum absolute atomic E-state index is 0.884. The normalized spacial score (nSPS) is 17.0. The first-order chi connectivity index (χ1) is 11.7. The Kier molecular flexibility index (Phi) is 11.6. The van der Waals surface area contributed by atoms with Gasteiger partial charge >= 0.3 is 0 Å². The molecule has 5 nitrogen and oxygen atoms in total. The highest BCUT2D eigenvalue weighted by Crippen LogP contribution is 2.03. The van der Waals surface area contributed by atoms with E-state index in [0.29, 0.717) is 0 Å². The van der Waals surface area contributed by atoms with E-state index in [1.807, 2.05) is 6.08 Å². The van der Waals surface area contributed by atoms with E-state index in [0.717, 1.165) is 38.6 Å². The number of nitrogens with one attached hydrogen (secondary N) is 1. The first-order valence-electron chi connectivity index (χ1n) is 9.76. The highest BCUT2D eigenvalue weighted by atomic mass is 15.3. The molecule has 0 spiro atoms. The molecule has 0 aromatic rings. The number of hydrogen-bond acceptors (Lipinski definition) is 3. The molecule has 0 aromatic carbocycles. The molecule has 0 unspecified atom stereocenters. The molecule has 1 heterocycles. The lowest BCUT2D eigenvalue weighted by molar-refractivity contribution is 0.140. The van der Waals surface area contributed by atoms with Crippen LogP contribution >= 0.6 is 0 Å². The van der Waals surface area contributed by atoms with Crippen LogP contribution in [0, 0.1) is 0 Å². The Bertz CT molecular complexity index is 348. The summed E-state index contributed by atoms with van der Waals surface area (Å²) >= 11 is 0. The van der Waals surface area contributed by atoms with E-state index in [4.69, 9.17) is 4.99 Å². The third-order valence-corrected chi connectivity index (χ3v) is 4.69. The number of nitrogens with zero attached hydrogens (tertiary/aromatic N) is 4. The quantitative estimate of drug-likeness (QED) is 0.271. The van der Waals surface area contributed by atoms with Gasteiger partial charge in [-0.1, -0.05) is 19.4 Å². The number of aliphatic imine (C=N–C) groups is 1. The zero-order valence-corrected chi connectivity index (χ0v) is 16.3. The standard InChI is InChI=1S/C19H39N5/c1-5-8-9-10-11-13-22(4)19(20-6-2)21-12-14-24-17-15-23(7-3)16-18-24/h5H,1,6-18H2,2-4H3,(H,20,21). The van der Waals surface area contributed by atoms with Gasteiger partial charge in [0.1, 0.15) is 0 Å². The molecule has 0 saturated carbocycles. The zero-order valence-electron chi connectivity index (χ0n) is 16.3. The fourth-order valence-corrected chi connectivity index (χ4v) is 3.02. The maximum Gasteiger partial charge on any atom is 0.193 e. The molecule has 0 aromatic heterocycles. The average Bonchev–Trinajstić information content (AvgIpc) is 2.61. The van der Waals surface area contributed by atoms with Crippen molar-refractivity contribution in [3.8, 4) is 0 Å². The van der Waals surface area contributed by atoms with Gasteiger partial charge in [-0.25, -0.2) is 0 Å². The Balaban J connectivity index is 2.29. The van der Waals surface area contributed by atoms with Crippen LogP contribution in [0.25, 0.3) is 0 Å². The molecule has 1 rings (SSSR count). The van der Waals surface area contributed by atoms with Gasteiger partial charge in [-0.2, -0.15) is 0 Å². The predicted molar refractivity (Wildman–Crippen MR) is 106 cm³/mol. The van der Waals surface area contributed by atoms with Crippen molar-refractivity contribution in [3.05, 3.63) is 12.7 Å². The molecular weight excluding hydrogens is 298 g/mol. The fraction of sp³-hybridized carbons (Fsp3) is 0.842. The van der Waals surface area contributed by atoms with Crippen molar-refractivity contribution in [2.24, 2.45) is 4.99 Å². The molecule has 1 saturated heterocycles. The third kappa shape index (κ3) is 8.69. The molecule has 140 valence electrons. The molecule has 24 heavy (non-hydrogen) atoms. The van der Waals surface area contributed by atoms with Crippen molar-refractivity contribution < 1.29 is 0 Å². The molecule has 5 heteroatoms. The van der Waals surface area contributed by atoms with Crippen molar-refractivity contribution in [2.45, 2.75) is 39.5 Å². The minimum atomic E-state index is 0.884. The molecule has 0 atom stereocenters. The van der Waals surface area contributed by atoms with E-state index in [-0.39, 0.29) is 0 Å². The van der Waals surface area contributed by atoms with Gasteiger partial charge in [0, 0.05) is 52.9 Å². The van der Waals surface area contributed by atoms with E-state index < -0.39 is 0 Å². The first kappa shape index (κ1) is 21.0. The number of hydrogen-bond donors (Lipinski definition) is 1. The number of piperazine rings is 1. The van der Waals surface area contributed by atoms with Gasteiger partial charge in [-0.05, 0) is 32.7 Å².